The Morgan fingerprint density at radius 3 is 2.67 bits per heavy atom. The molecular formula is C35H47N4O6+. The van der Waals surface area contributed by atoms with Crippen molar-refractivity contribution in [2.45, 2.75) is 76.1 Å². The Balaban J connectivity index is 1.10. The van der Waals surface area contributed by atoms with Gasteiger partial charge in [0.25, 0.3) is 0 Å². The van der Waals surface area contributed by atoms with Crippen LogP contribution in [-0.4, -0.2) is 86.2 Å². The molecule has 3 N–H and O–H groups in total. The Morgan fingerprint density at radius 1 is 1.20 bits per heavy atom. The summed E-state index contributed by atoms with van der Waals surface area (Å²) in [5.74, 6) is 2.70. The van der Waals surface area contributed by atoms with E-state index in [1.807, 2.05) is 44.2 Å². The van der Waals surface area contributed by atoms with Crippen molar-refractivity contribution in [3.63, 3.8) is 0 Å². The maximum atomic E-state index is 13.2. The highest BCUT2D eigenvalue weighted by molar-refractivity contribution is 5.89. The maximum Gasteiger partial charge on any atom is 0.415 e. The first-order chi connectivity index (χ1) is 21.5. The molecule has 10 nitrogen and oxygen atoms in total. The van der Waals surface area contributed by atoms with Gasteiger partial charge in [-0.05, 0) is 54.7 Å². The molecule has 2 aliphatic carbocycles. The number of likely N-dealkylation sites (N-methyl/N-ethyl adjacent to an activating group) is 2. The van der Waals surface area contributed by atoms with E-state index in [0.29, 0.717) is 49.6 Å². The summed E-state index contributed by atoms with van der Waals surface area (Å²) in [6.07, 6.45) is 3.02. The number of ketones is 1. The van der Waals surface area contributed by atoms with Crippen LogP contribution in [0.5, 0.6) is 17.2 Å². The molecule has 2 aliphatic heterocycles. The number of ether oxygens (including phenoxy) is 3. The third kappa shape index (κ3) is 5.46. The van der Waals surface area contributed by atoms with Crippen molar-refractivity contribution in [3.05, 3.63) is 53.1 Å². The molecule has 242 valence electrons. The summed E-state index contributed by atoms with van der Waals surface area (Å²) in [5.41, 5.74) is 9.37. The maximum absolute atomic E-state index is 13.2. The lowest BCUT2D eigenvalue weighted by Gasteiger charge is -2.60. The molecule has 6 rings (SSSR count). The molecule has 2 aromatic carbocycles. The van der Waals surface area contributed by atoms with Crippen LogP contribution in [0.2, 0.25) is 0 Å². The molecular weight excluding hydrogens is 572 g/mol. The van der Waals surface area contributed by atoms with Crippen molar-refractivity contribution < 1.29 is 33.1 Å². The molecule has 45 heavy (non-hydrogen) atoms. The Labute approximate surface area is 265 Å². The quantitative estimate of drug-likeness (QED) is 0.390. The minimum absolute atomic E-state index is 0.211. The van der Waals surface area contributed by atoms with Gasteiger partial charge in [0.05, 0.1) is 38.2 Å². The highest BCUT2D eigenvalue weighted by atomic mass is 16.6. The minimum atomic E-state index is -0.553. The monoisotopic (exact) mass is 619 g/mol. The van der Waals surface area contributed by atoms with Gasteiger partial charge >= 0.3 is 6.09 Å². The van der Waals surface area contributed by atoms with Gasteiger partial charge in [0.1, 0.15) is 12.3 Å². The van der Waals surface area contributed by atoms with Crippen LogP contribution in [0.1, 0.15) is 56.2 Å². The standard InChI is InChI=1S/C35H46N4O6/c1-21(2)18-26(36)33(41)37-15-16-38(3)34(42)44-24-9-6-22(7-10-24)20-39(4)17-14-35-25-11-12-28(40)32(35)45-31-29(43-5)13-8-23(30(31)35)19-27(25)39/h6-10,13,21,25-27,32H,11-12,14-20,36H2,1-5H3/p+1/t25-,26-,27?,32-,35-,39+/m0/s1. The number of carbonyl (C=O) groups excluding carboxylic acids is 3. The normalized spacial score (nSPS) is 28.2. The SMILES string of the molecule is COc1ccc2c3c1O[C@H]1C(=O)CC[C@H]4C(C2)[N@@+](C)(Cc2ccc(OC(=O)N(C)CCNC(=O)[C@@H](N)CC(C)C)cc2)CC[C@]314. The number of nitrogens with zero attached hydrogens (tertiary/aromatic N) is 2. The summed E-state index contributed by atoms with van der Waals surface area (Å²) >= 11 is 0. The summed E-state index contributed by atoms with van der Waals surface area (Å²) in [5, 5.41) is 2.79. The number of hydrogen-bond acceptors (Lipinski definition) is 7. The number of amides is 2. The van der Waals surface area contributed by atoms with Crippen molar-refractivity contribution in [2.75, 3.05) is 40.8 Å². The number of Topliss-reactive ketones (excluding diaryl/α,β-unsaturated/α-hetero) is 1. The number of rotatable bonds is 10. The van der Waals surface area contributed by atoms with Crippen molar-refractivity contribution in [2.24, 2.45) is 17.6 Å². The molecule has 0 radical (unpaired) electrons. The average molecular weight is 620 g/mol. The van der Waals surface area contributed by atoms with Crippen molar-refractivity contribution in [1.29, 1.82) is 0 Å². The van der Waals surface area contributed by atoms with Crippen molar-refractivity contribution in [1.82, 2.24) is 10.2 Å². The van der Waals surface area contributed by atoms with Crippen LogP contribution in [-0.2, 0) is 28.0 Å². The number of piperidine rings is 1. The predicted molar refractivity (Wildman–Crippen MR) is 169 cm³/mol. The third-order valence-electron chi connectivity index (χ3n) is 10.8. The fourth-order valence-electron chi connectivity index (χ4n) is 8.58. The second-order valence-corrected chi connectivity index (χ2v) is 14.1. The minimum Gasteiger partial charge on any atom is -0.493 e. The van der Waals surface area contributed by atoms with E-state index < -0.39 is 18.2 Å². The molecule has 2 heterocycles. The van der Waals surface area contributed by atoms with Gasteiger partial charge < -0.3 is 34.6 Å². The topological polar surface area (TPSA) is 120 Å². The van der Waals surface area contributed by atoms with E-state index >= 15 is 0 Å². The molecule has 10 heteroatoms. The van der Waals surface area contributed by atoms with Gasteiger partial charge in [-0.1, -0.05) is 19.9 Å². The summed E-state index contributed by atoms with van der Waals surface area (Å²) in [4.78, 5) is 39.5. The molecule has 1 saturated carbocycles. The lowest BCUT2D eigenvalue weighted by Crippen LogP contribution is -2.71. The van der Waals surface area contributed by atoms with Crippen LogP contribution in [0, 0.1) is 11.8 Å². The van der Waals surface area contributed by atoms with Crippen molar-refractivity contribution >= 4 is 17.8 Å². The summed E-state index contributed by atoms with van der Waals surface area (Å²) in [6.45, 7) is 6.45. The smallest absolute Gasteiger partial charge is 0.415 e. The number of likely N-dealkylation sites (tertiary alicyclic amines) is 1. The molecule has 1 unspecified atom stereocenters. The van der Waals surface area contributed by atoms with E-state index in [-0.39, 0.29) is 17.1 Å². The van der Waals surface area contributed by atoms with Crippen LogP contribution >= 0.6 is 0 Å². The van der Waals surface area contributed by atoms with Gasteiger partial charge in [0.15, 0.2) is 23.4 Å². The van der Waals surface area contributed by atoms with Crippen LogP contribution in [0.15, 0.2) is 36.4 Å². The Hall–Kier alpha value is -3.63. The highest BCUT2D eigenvalue weighted by Crippen LogP contribution is 2.64. The summed E-state index contributed by atoms with van der Waals surface area (Å²) < 4.78 is 18.6. The fraction of sp³-hybridized carbons (Fsp3) is 0.571. The van der Waals surface area contributed by atoms with Crippen LogP contribution in [0.25, 0.3) is 0 Å². The Kier molecular flexibility index (Phi) is 8.33. The zero-order valence-electron chi connectivity index (χ0n) is 27.1. The summed E-state index contributed by atoms with van der Waals surface area (Å²) in [7, 11) is 5.66. The van der Waals surface area contributed by atoms with E-state index in [9.17, 15) is 14.4 Å². The predicted octanol–water partition coefficient (Wildman–Crippen LogP) is 3.57. The summed E-state index contributed by atoms with van der Waals surface area (Å²) in [6, 6.07) is 11.8. The molecule has 2 aromatic rings. The molecule has 0 aromatic heterocycles. The number of nitrogens with one attached hydrogen (secondary N) is 1. The van der Waals surface area contributed by atoms with Gasteiger partial charge in [-0.2, -0.15) is 0 Å². The second kappa shape index (κ2) is 11.9. The van der Waals surface area contributed by atoms with Gasteiger partial charge in [-0.15, -0.1) is 0 Å². The fourth-order valence-corrected chi connectivity index (χ4v) is 8.58. The number of quaternary nitrogens is 1. The van der Waals surface area contributed by atoms with E-state index in [4.69, 9.17) is 19.9 Å². The van der Waals surface area contributed by atoms with Gasteiger partial charge in [-0.25, -0.2) is 4.79 Å². The largest absolute Gasteiger partial charge is 0.493 e. The van der Waals surface area contributed by atoms with Gasteiger partial charge in [0, 0.05) is 56.4 Å². The zero-order valence-corrected chi connectivity index (χ0v) is 27.1. The lowest BCUT2D eigenvalue weighted by atomic mass is 9.51. The molecule has 1 spiro atoms. The van der Waals surface area contributed by atoms with Gasteiger partial charge in [0.2, 0.25) is 5.91 Å². The molecule has 2 amide bonds. The van der Waals surface area contributed by atoms with E-state index in [2.05, 4.69) is 18.4 Å². The lowest BCUT2D eigenvalue weighted by molar-refractivity contribution is -0.957. The number of benzene rings is 2. The average Bonchev–Trinajstić information content (AvgIpc) is 3.36. The molecule has 6 atom stereocenters. The first-order valence-electron chi connectivity index (χ1n) is 16.3. The van der Waals surface area contributed by atoms with E-state index in [1.165, 1.54) is 21.6 Å². The Morgan fingerprint density at radius 2 is 1.96 bits per heavy atom. The van der Waals surface area contributed by atoms with Crippen LogP contribution < -0.4 is 25.3 Å². The second-order valence-electron chi connectivity index (χ2n) is 14.1. The third-order valence-corrected chi connectivity index (χ3v) is 10.8. The number of methoxy groups -OCH3 is 1. The molecule has 4 aliphatic rings. The zero-order chi connectivity index (χ0) is 32.1. The number of nitrogens with two attached hydrogens (primary N) is 1. The molecule has 2 fully saturated rings. The van der Waals surface area contributed by atoms with Gasteiger partial charge in [-0.3, -0.25) is 9.59 Å². The van der Waals surface area contributed by atoms with Crippen LogP contribution in [0.4, 0.5) is 4.79 Å². The first-order valence-corrected chi connectivity index (χ1v) is 16.3. The highest BCUT2D eigenvalue weighted by Gasteiger charge is 2.69. The van der Waals surface area contributed by atoms with Crippen molar-refractivity contribution in [3.8, 4) is 17.2 Å². The van der Waals surface area contributed by atoms with Crippen LogP contribution in [0.3, 0.4) is 0 Å². The number of carbonyl (C=O) groups is 3. The molecule has 2 bridgehead atoms. The number of hydrogen-bond donors (Lipinski definition) is 2. The van der Waals surface area contributed by atoms with E-state index in [0.717, 1.165) is 48.3 Å². The Bertz CT molecular complexity index is 1480. The first kappa shape index (κ1) is 31.4. The molecule has 1 saturated heterocycles. The van der Waals surface area contributed by atoms with E-state index in [1.54, 1.807) is 14.2 Å².